The molecular weight excluding hydrogens is 441 g/mol. The number of hydrogen-bond acceptors (Lipinski definition) is 4. The van der Waals surface area contributed by atoms with Crippen LogP contribution in [0.5, 0.6) is 0 Å². The van der Waals surface area contributed by atoms with E-state index in [-0.39, 0.29) is 11.2 Å². The molecule has 1 fully saturated rings. The van der Waals surface area contributed by atoms with Crippen molar-refractivity contribution in [3.8, 4) is 0 Å². The van der Waals surface area contributed by atoms with Crippen molar-refractivity contribution >= 4 is 27.3 Å². The maximum Gasteiger partial charge on any atom is 0.123 e. The van der Waals surface area contributed by atoms with Crippen molar-refractivity contribution in [2.75, 3.05) is 0 Å². The van der Waals surface area contributed by atoms with Crippen LogP contribution in [-0.4, -0.2) is 15.7 Å². The highest BCUT2D eigenvalue weighted by molar-refractivity contribution is 7.19. The number of fused-ring (bicyclic) bond motifs is 1. The number of rotatable bonds is 6. The van der Waals surface area contributed by atoms with Crippen molar-refractivity contribution in [1.29, 1.82) is 5.41 Å². The van der Waals surface area contributed by atoms with Crippen molar-refractivity contribution in [3.05, 3.63) is 58.6 Å². The Morgan fingerprint density at radius 2 is 1.79 bits per heavy atom. The van der Waals surface area contributed by atoms with Gasteiger partial charge in [-0.2, -0.15) is 0 Å². The zero-order valence-corrected chi connectivity index (χ0v) is 21.7. The van der Waals surface area contributed by atoms with Gasteiger partial charge in [0.15, 0.2) is 0 Å². The van der Waals surface area contributed by atoms with Crippen LogP contribution < -0.4 is 0 Å². The molecule has 1 saturated carbocycles. The van der Waals surface area contributed by atoms with Gasteiger partial charge in [0.05, 0.1) is 15.9 Å². The van der Waals surface area contributed by atoms with Gasteiger partial charge in [-0.05, 0) is 73.6 Å². The number of hydrogen-bond donors (Lipinski definition) is 1. The highest BCUT2D eigenvalue weighted by Crippen LogP contribution is 2.40. The number of benzene rings is 1. The number of aromatic nitrogens is 2. The zero-order chi connectivity index (χ0) is 24.1. The van der Waals surface area contributed by atoms with Gasteiger partial charge >= 0.3 is 0 Å². The van der Waals surface area contributed by atoms with E-state index in [2.05, 4.69) is 31.8 Å². The molecule has 1 aromatic carbocycles. The highest BCUT2D eigenvalue weighted by atomic mass is 32.1. The maximum absolute atomic E-state index is 13.1. The molecule has 3 nitrogen and oxygen atoms in total. The smallest absolute Gasteiger partial charge is 0.123 e. The molecule has 5 heteroatoms. The van der Waals surface area contributed by atoms with Gasteiger partial charge in [0.2, 0.25) is 0 Å². The Kier molecular flexibility index (Phi) is 8.13. The molecule has 0 radical (unpaired) electrons. The monoisotopic (exact) mass is 479 g/mol. The standard InChI is InChI=1S/C29H38FN3S/c1-29(2,3)26-18-25-28(34-26)27(33-19-32-25)22-8-6-4-5-7-21(9-13-22)17-24(31)16-12-20-10-14-23(30)15-11-20/h10-11,14-15,18-19,21-22,31H,4-9,12-13,16-17H2,1-3H3. The number of aryl methyl sites for hydroxylation is 1. The zero-order valence-electron chi connectivity index (χ0n) is 20.9. The molecule has 1 N–H and O–H groups in total. The summed E-state index contributed by atoms with van der Waals surface area (Å²) in [6.07, 6.45) is 12.7. The van der Waals surface area contributed by atoms with Crippen LogP contribution >= 0.6 is 11.3 Å². The summed E-state index contributed by atoms with van der Waals surface area (Å²) in [5, 5.41) is 8.59. The summed E-state index contributed by atoms with van der Waals surface area (Å²) >= 11 is 1.88. The summed E-state index contributed by atoms with van der Waals surface area (Å²) < 4.78 is 14.4. The fourth-order valence-corrected chi connectivity index (χ4v) is 6.37. The summed E-state index contributed by atoms with van der Waals surface area (Å²) in [4.78, 5) is 10.8. The van der Waals surface area contributed by atoms with E-state index in [1.165, 1.54) is 59.5 Å². The first-order chi connectivity index (χ1) is 16.3. The van der Waals surface area contributed by atoms with Crippen LogP contribution in [0.15, 0.2) is 36.7 Å². The average molecular weight is 480 g/mol. The normalized spacial score (nSPS) is 20.0. The van der Waals surface area contributed by atoms with Crippen molar-refractivity contribution in [2.45, 2.75) is 96.3 Å². The summed E-state index contributed by atoms with van der Waals surface area (Å²) in [7, 11) is 0. The first-order valence-corrected chi connectivity index (χ1v) is 13.7. The molecule has 2 heterocycles. The van der Waals surface area contributed by atoms with Crippen LogP contribution in [0.3, 0.4) is 0 Å². The largest absolute Gasteiger partial charge is 0.310 e. The number of thiophene rings is 1. The molecule has 2 atom stereocenters. The molecule has 2 unspecified atom stereocenters. The van der Waals surface area contributed by atoms with Gasteiger partial charge in [0.1, 0.15) is 12.1 Å². The number of nitrogens with one attached hydrogen (secondary N) is 1. The van der Waals surface area contributed by atoms with Gasteiger partial charge in [-0.3, -0.25) is 0 Å². The van der Waals surface area contributed by atoms with Gasteiger partial charge in [-0.1, -0.05) is 58.6 Å². The van der Waals surface area contributed by atoms with E-state index in [9.17, 15) is 4.39 Å². The lowest BCUT2D eigenvalue weighted by atomic mass is 9.86. The topological polar surface area (TPSA) is 49.6 Å². The molecule has 2 aromatic heterocycles. The molecule has 3 aromatic rings. The van der Waals surface area contributed by atoms with E-state index in [1.807, 2.05) is 23.5 Å². The highest BCUT2D eigenvalue weighted by Gasteiger charge is 2.24. The lowest BCUT2D eigenvalue weighted by Crippen LogP contribution is -2.11. The number of nitrogens with zero attached hydrogens (tertiary/aromatic N) is 2. The van der Waals surface area contributed by atoms with Gasteiger partial charge in [-0.25, -0.2) is 14.4 Å². The molecular formula is C29H38FN3S. The van der Waals surface area contributed by atoms with E-state index in [0.29, 0.717) is 11.8 Å². The quantitative estimate of drug-likeness (QED) is 0.360. The van der Waals surface area contributed by atoms with E-state index < -0.39 is 0 Å². The van der Waals surface area contributed by atoms with E-state index in [4.69, 9.17) is 10.4 Å². The summed E-state index contributed by atoms with van der Waals surface area (Å²) in [5.74, 6) is 0.857. The molecule has 1 aliphatic rings. The minimum absolute atomic E-state index is 0.125. The van der Waals surface area contributed by atoms with Crippen LogP contribution in [0, 0.1) is 17.1 Å². The second kappa shape index (κ2) is 11.1. The molecule has 0 spiro atoms. The number of halogens is 1. The second-order valence-corrected chi connectivity index (χ2v) is 12.1. The fraction of sp³-hybridized carbons (Fsp3) is 0.552. The first-order valence-electron chi connectivity index (χ1n) is 12.9. The minimum Gasteiger partial charge on any atom is -0.310 e. The van der Waals surface area contributed by atoms with Crippen LogP contribution in [0.4, 0.5) is 4.39 Å². The summed E-state index contributed by atoms with van der Waals surface area (Å²) in [6, 6.07) is 8.96. The van der Waals surface area contributed by atoms with Crippen molar-refractivity contribution < 1.29 is 4.39 Å². The van der Waals surface area contributed by atoms with Crippen molar-refractivity contribution in [3.63, 3.8) is 0 Å². The Morgan fingerprint density at radius 3 is 2.56 bits per heavy atom. The van der Waals surface area contributed by atoms with Crippen LogP contribution in [0.25, 0.3) is 10.2 Å². The van der Waals surface area contributed by atoms with Gasteiger partial charge in [0, 0.05) is 16.5 Å². The third-order valence-corrected chi connectivity index (χ3v) is 8.79. The van der Waals surface area contributed by atoms with Gasteiger partial charge in [0.25, 0.3) is 0 Å². The molecule has 0 aliphatic heterocycles. The molecule has 1 aliphatic carbocycles. The lowest BCUT2D eigenvalue weighted by Gasteiger charge is -2.20. The lowest BCUT2D eigenvalue weighted by molar-refractivity contribution is 0.424. The van der Waals surface area contributed by atoms with Crippen molar-refractivity contribution in [1.82, 2.24) is 9.97 Å². The first kappa shape index (κ1) is 25.0. The Hall–Kier alpha value is -2.14. The molecule has 0 bridgehead atoms. The predicted octanol–water partition coefficient (Wildman–Crippen LogP) is 8.61. The van der Waals surface area contributed by atoms with E-state index in [0.717, 1.165) is 48.9 Å². The Labute approximate surface area is 207 Å². The Morgan fingerprint density at radius 1 is 1.03 bits per heavy atom. The Bertz CT molecular complexity index is 1100. The van der Waals surface area contributed by atoms with Crippen LogP contribution in [0.2, 0.25) is 0 Å². The van der Waals surface area contributed by atoms with Gasteiger partial charge in [-0.15, -0.1) is 11.3 Å². The third kappa shape index (κ3) is 6.50. The van der Waals surface area contributed by atoms with E-state index in [1.54, 1.807) is 6.33 Å². The molecule has 0 saturated heterocycles. The average Bonchev–Trinajstić information content (AvgIpc) is 3.28. The van der Waals surface area contributed by atoms with Crippen molar-refractivity contribution in [2.24, 2.45) is 5.92 Å². The van der Waals surface area contributed by atoms with Crippen LogP contribution in [0.1, 0.15) is 101 Å². The maximum atomic E-state index is 13.1. The second-order valence-electron chi connectivity index (χ2n) is 11.0. The third-order valence-electron chi connectivity index (χ3n) is 7.22. The molecule has 0 amide bonds. The Balaban J connectivity index is 1.41. The molecule has 4 rings (SSSR count). The van der Waals surface area contributed by atoms with E-state index >= 15 is 0 Å². The summed E-state index contributed by atoms with van der Waals surface area (Å²) in [6.45, 7) is 6.79. The minimum atomic E-state index is -0.197. The van der Waals surface area contributed by atoms with Crippen LogP contribution in [-0.2, 0) is 11.8 Å². The summed E-state index contributed by atoms with van der Waals surface area (Å²) in [5.41, 5.74) is 4.42. The fourth-order valence-electron chi connectivity index (χ4n) is 5.13. The predicted molar refractivity (Wildman–Crippen MR) is 142 cm³/mol. The SMILES string of the molecule is CC(C)(C)c1cc2ncnc(C3CCCCCC(CC(=N)CCc4ccc(F)cc4)CC3)c2s1. The van der Waals surface area contributed by atoms with Gasteiger partial charge < -0.3 is 5.41 Å². The molecule has 182 valence electrons. The molecule has 34 heavy (non-hydrogen) atoms.